The van der Waals surface area contributed by atoms with Gasteiger partial charge < -0.3 is 15.8 Å². The number of halogens is 1. The monoisotopic (exact) mass is 298 g/mol. The lowest BCUT2D eigenvalue weighted by Gasteiger charge is -2.17. The maximum absolute atomic E-state index is 6.15. The highest BCUT2D eigenvalue weighted by atomic mass is 35.5. The predicted octanol–water partition coefficient (Wildman–Crippen LogP) is 3.20. The van der Waals surface area contributed by atoms with Gasteiger partial charge in [-0.3, -0.25) is 0 Å². The Balaban J connectivity index is 1.93. The normalized spacial score (nSPS) is 16.1. The number of nitrogens with two attached hydrogens (primary N) is 1. The van der Waals surface area contributed by atoms with Crippen molar-refractivity contribution >= 4 is 34.5 Å². The van der Waals surface area contributed by atoms with E-state index < -0.39 is 0 Å². The van der Waals surface area contributed by atoms with E-state index in [9.17, 15) is 0 Å². The fraction of sp³-hybridized carbons (Fsp3) is 0.500. The SMILES string of the molecule is COCCC1(CNc2ccc(C(N)=S)c(Cl)c2)CC1. The maximum atomic E-state index is 6.15. The first kappa shape index (κ1) is 14.6. The molecule has 1 aromatic rings. The first-order valence-corrected chi connectivity index (χ1v) is 7.17. The number of thiocarbonyl (C=S) groups is 1. The highest BCUT2D eigenvalue weighted by Gasteiger charge is 2.41. The Hall–Kier alpha value is -0.840. The average Bonchev–Trinajstić information content (AvgIpc) is 3.14. The number of benzene rings is 1. The Morgan fingerprint density at radius 2 is 2.26 bits per heavy atom. The number of nitrogens with one attached hydrogen (secondary N) is 1. The van der Waals surface area contributed by atoms with Crippen LogP contribution in [0.15, 0.2) is 18.2 Å². The van der Waals surface area contributed by atoms with Gasteiger partial charge in [-0.25, -0.2) is 0 Å². The van der Waals surface area contributed by atoms with E-state index in [1.807, 2.05) is 18.2 Å². The molecule has 2 rings (SSSR count). The van der Waals surface area contributed by atoms with Gasteiger partial charge in [0.25, 0.3) is 0 Å². The van der Waals surface area contributed by atoms with Gasteiger partial charge in [0, 0.05) is 31.5 Å². The number of rotatable bonds is 7. The largest absolute Gasteiger partial charge is 0.389 e. The Bertz CT molecular complexity index is 475. The van der Waals surface area contributed by atoms with Crippen LogP contribution in [0.25, 0.3) is 0 Å². The van der Waals surface area contributed by atoms with E-state index in [1.54, 1.807) is 7.11 Å². The Morgan fingerprint density at radius 3 is 2.79 bits per heavy atom. The summed E-state index contributed by atoms with van der Waals surface area (Å²) in [6, 6.07) is 5.71. The minimum absolute atomic E-state index is 0.329. The van der Waals surface area contributed by atoms with Gasteiger partial charge in [-0.05, 0) is 42.9 Å². The van der Waals surface area contributed by atoms with Crippen molar-refractivity contribution in [3.8, 4) is 0 Å². The lowest BCUT2D eigenvalue weighted by atomic mass is 10.0. The van der Waals surface area contributed by atoms with E-state index >= 15 is 0 Å². The van der Waals surface area contributed by atoms with E-state index in [0.717, 1.165) is 30.8 Å². The summed E-state index contributed by atoms with van der Waals surface area (Å²) in [6.07, 6.45) is 3.64. The molecule has 0 saturated heterocycles. The van der Waals surface area contributed by atoms with Crippen molar-refractivity contribution in [1.29, 1.82) is 0 Å². The molecule has 104 valence electrons. The molecule has 5 heteroatoms. The van der Waals surface area contributed by atoms with E-state index in [1.165, 1.54) is 12.8 Å². The standard InChI is InChI=1S/C14H19ClN2OS/c1-18-7-6-14(4-5-14)9-17-10-2-3-11(13(16)19)12(15)8-10/h2-3,8,17H,4-7,9H2,1H3,(H2,16,19). The first-order chi connectivity index (χ1) is 9.06. The molecule has 1 fully saturated rings. The molecule has 1 saturated carbocycles. The van der Waals surface area contributed by atoms with Gasteiger partial charge in [0.05, 0.1) is 5.02 Å². The molecule has 0 unspecified atom stereocenters. The third-order valence-electron chi connectivity index (χ3n) is 3.70. The molecule has 0 aliphatic heterocycles. The van der Waals surface area contributed by atoms with Gasteiger partial charge >= 0.3 is 0 Å². The van der Waals surface area contributed by atoms with E-state index in [0.29, 0.717) is 15.4 Å². The zero-order valence-electron chi connectivity index (χ0n) is 11.0. The Kier molecular flexibility index (Phi) is 4.66. The van der Waals surface area contributed by atoms with E-state index in [2.05, 4.69) is 5.32 Å². The molecule has 1 aromatic carbocycles. The van der Waals surface area contributed by atoms with Gasteiger partial charge in [-0.15, -0.1) is 0 Å². The van der Waals surface area contributed by atoms with Gasteiger partial charge in [0.1, 0.15) is 4.99 Å². The third kappa shape index (κ3) is 3.81. The second-order valence-electron chi connectivity index (χ2n) is 5.16. The summed E-state index contributed by atoms with van der Waals surface area (Å²) in [5.74, 6) is 0. The topological polar surface area (TPSA) is 47.3 Å². The Morgan fingerprint density at radius 1 is 1.53 bits per heavy atom. The van der Waals surface area contributed by atoms with Crippen LogP contribution >= 0.6 is 23.8 Å². The quantitative estimate of drug-likeness (QED) is 0.759. The van der Waals surface area contributed by atoms with Crippen molar-refractivity contribution in [3.05, 3.63) is 28.8 Å². The third-order valence-corrected chi connectivity index (χ3v) is 4.23. The van der Waals surface area contributed by atoms with Gasteiger partial charge in [0.15, 0.2) is 0 Å². The van der Waals surface area contributed by atoms with Crippen LogP contribution in [0, 0.1) is 5.41 Å². The lowest BCUT2D eigenvalue weighted by molar-refractivity contribution is 0.175. The van der Waals surface area contributed by atoms with Crippen LogP contribution in [0.1, 0.15) is 24.8 Å². The van der Waals surface area contributed by atoms with Crippen LogP contribution < -0.4 is 11.1 Å². The number of ether oxygens (including phenoxy) is 1. The van der Waals surface area contributed by atoms with Gasteiger partial charge in [-0.2, -0.15) is 0 Å². The average molecular weight is 299 g/mol. The van der Waals surface area contributed by atoms with E-state index in [4.69, 9.17) is 34.3 Å². The smallest absolute Gasteiger partial charge is 0.105 e. The fourth-order valence-electron chi connectivity index (χ4n) is 2.12. The second kappa shape index (κ2) is 6.07. The van der Waals surface area contributed by atoms with Crippen molar-refractivity contribution in [1.82, 2.24) is 0 Å². The molecular formula is C14H19ClN2OS. The van der Waals surface area contributed by atoms with Gasteiger partial charge in [0.2, 0.25) is 0 Å². The molecule has 0 heterocycles. The predicted molar refractivity (Wildman–Crippen MR) is 84.0 cm³/mol. The maximum Gasteiger partial charge on any atom is 0.105 e. The molecular weight excluding hydrogens is 280 g/mol. The fourth-order valence-corrected chi connectivity index (χ4v) is 2.64. The first-order valence-electron chi connectivity index (χ1n) is 6.38. The number of hydrogen-bond acceptors (Lipinski definition) is 3. The van der Waals surface area contributed by atoms with Crippen molar-refractivity contribution in [2.45, 2.75) is 19.3 Å². The molecule has 0 radical (unpaired) electrons. The van der Waals surface area contributed by atoms with Crippen molar-refractivity contribution in [2.24, 2.45) is 11.1 Å². The molecule has 0 spiro atoms. The van der Waals surface area contributed by atoms with Crippen LogP contribution in [0.3, 0.4) is 0 Å². The van der Waals surface area contributed by atoms with Crippen LogP contribution in [0.5, 0.6) is 0 Å². The molecule has 19 heavy (non-hydrogen) atoms. The molecule has 1 aliphatic rings. The summed E-state index contributed by atoms with van der Waals surface area (Å²) >= 11 is 11.1. The summed E-state index contributed by atoms with van der Waals surface area (Å²) in [5.41, 5.74) is 7.73. The molecule has 3 nitrogen and oxygen atoms in total. The molecule has 0 amide bonds. The highest BCUT2D eigenvalue weighted by molar-refractivity contribution is 7.80. The van der Waals surface area contributed by atoms with Crippen molar-refractivity contribution in [2.75, 3.05) is 25.6 Å². The van der Waals surface area contributed by atoms with Crippen molar-refractivity contribution < 1.29 is 4.74 Å². The van der Waals surface area contributed by atoms with Gasteiger partial charge in [-0.1, -0.05) is 23.8 Å². The molecule has 1 aliphatic carbocycles. The second-order valence-corrected chi connectivity index (χ2v) is 6.00. The number of hydrogen-bond donors (Lipinski definition) is 2. The highest BCUT2D eigenvalue weighted by Crippen LogP contribution is 2.48. The summed E-state index contributed by atoms with van der Waals surface area (Å²) in [7, 11) is 1.75. The molecule has 3 N–H and O–H groups in total. The Labute approximate surface area is 124 Å². The molecule has 0 aromatic heterocycles. The van der Waals surface area contributed by atoms with Crippen LogP contribution in [-0.4, -0.2) is 25.2 Å². The lowest BCUT2D eigenvalue weighted by Crippen LogP contribution is -2.17. The zero-order chi connectivity index (χ0) is 13.9. The van der Waals surface area contributed by atoms with Crippen LogP contribution in [0.4, 0.5) is 5.69 Å². The zero-order valence-corrected chi connectivity index (χ0v) is 12.6. The minimum atomic E-state index is 0.329. The summed E-state index contributed by atoms with van der Waals surface area (Å²) in [6.45, 7) is 1.78. The number of methoxy groups -OCH3 is 1. The summed E-state index contributed by atoms with van der Waals surface area (Å²) in [4.78, 5) is 0.329. The van der Waals surface area contributed by atoms with Crippen molar-refractivity contribution in [3.63, 3.8) is 0 Å². The summed E-state index contributed by atoms with van der Waals surface area (Å²) in [5, 5.41) is 4.04. The molecule has 0 bridgehead atoms. The molecule has 0 atom stereocenters. The van der Waals surface area contributed by atoms with Crippen LogP contribution in [-0.2, 0) is 4.74 Å². The number of anilines is 1. The minimum Gasteiger partial charge on any atom is -0.389 e. The van der Waals surface area contributed by atoms with E-state index in [-0.39, 0.29) is 0 Å². The van der Waals surface area contributed by atoms with Crippen LogP contribution in [0.2, 0.25) is 5.02 Å². The summed E-state index contributed by atoms with van der Waals surface area (Å²) < 4.78 is 5.15.